The average molecular weight is 473 g/mol. The number of azo groups is 1. The molecular weight excluding hydrogens is 461 g/mol. The first kappa shape index (κ1) is 17.7. The second-order valence-electron chi connectivity index (χ2n) is 4.85. The molecular formula is C14H12IN5O4S. The molecule has 25 heavy (non-hydrogen) atoms. The number of hydrogen-bond donors (Lipinski definition) is 1. The lowest BCUT2D eigenvalue weighted by molar-refractivity contribution is 0.406. The fraction of sp³-hybridized carbons (Fsp3) is 0.214. The number of hydrogen-bond acceptors (Lipinski definition) is 8. The van der Waals surface area contributed by atoms with Gasteiger partial charge in [-0.05, 0) is 31.4 Å². The fourth-order valence-corrected chi connectivity index (χ4v) is 3.10. The normalized spacial score (nSPS) is 11.6. The Bertz CT molecular complexity index is 1100. The molecule has 0 bridgehead atoms. The Hall–Kier alpha value is -2.15. The number of thioether (sulfide) groups is 1. The van der Waals surface area contributed by atoms with Crippen LogP contribution in [0.1, 0.15) is 6.92 Å². The van der Waals surface area contributed by atoms with E-state index in [0.717, 1.165) is 12.2 Å². The summed E-state index contributed by atoms with van der Waals surface area (Å²) in [6, 6.07) is 5.49. The van der Waals surface area contributed by atoms with Crippen LogP contribution in [0.25, 0.3) is 11.0 Å². The summed E-state index contributed by atoms with van der Waals surface area (Å²) in [4.78, 5) is 25.1. The molecule has 0 aliphatic heterocycles. The third-order valence-corrected chi connectivity index (χ3v) is 5.04. The van der Waals surface area contributed by atoms with Crippen LogP contribution in [-0.2, 0) is 6.54 Å². The fourth-order valence-electron chi connectivity index (χ4n) is 2.17. The molecule has 0 saturated heterocycles. The van der Waals surface area contributed by atoms with Crippen molar-refractivity contribution in [3.63, 3.8) is 0 Å². The van der Waals surface area contributed by atoms with E-state index in [2.05, 4.69) is 15.4 Å². The monoisotopic (exact) mass is 473 g/mol. The van der Waals surface area contributed by atoms with Crippen LogP contribution >= 0.6 is 34.6 Å². The Balaban J connectivity index is 2.14. The predicted molar refractivity (Wildman–Crippen MR) is 102 cm³/mol. The standard InChI is InChI=1S/C14H12IN5O4S/c1-3-19-12(21)10(13(22)20(15)14(19)23)16-17-11-8-6-7(25-2)4-5-9(8)24-18-11/h4-6,21H,3H2,1-2H3. The summed E-state index contributed by atoms with van der Waals surface area (Å²) in [5.74, 6) is -0.356. The van der Waals surface area contributed by atoms with Gasteiger partial charge in [-0.2, -0.15) is 2.78 Å². The lowest BCUT2D eigenvalue weighted by Gasteiger charge is -2.07. The van der Waals surface area contributed by atoms with Gasteiger partial charge in [-0.3, -0.25) is 9.36 Å². The van der Waals surface area contributed by atoms with Crippen LogP contribution in [0.3, 0.4) is 0 Å². The van der Waals surface area contributed by atoms with Crippen LogP contribution in [0, 0.1) is 0 Å². The molecule has 0 amide bonds. The SMILES string of the molecule is CCn1c(O)c(N=Nc2noc3ccc(SC)cc23)c(=O)n(I)c1=O. The van der Waals surface area contributed by atoms with E-state index in [1.165, 1.54) is 0 Å². The van der Waals surface area contributed by atoms with E-state index in [0.29, 0.717) is 11.0 Å². The summed E-state index contributed by atoms with van der Waals surface area (Å²) in [5, 5.41) is 22.3. The summed E-state index contributed by atoms with van der Waals surface area (Å²) in [6.07, 6.45) is 1.94. The minimum absolute atomic E-state index is 0.180. The van der Waals surface area contributed by atoms with E-state index in [9.17, 15) is 14.7 Å². The van der Waals surface area contributed by atoms with Gasteiger partial charge in [0.15, 0.2) is 5.58 Å². The molecule has 1 N–H and O–H groups in total. The molecule has 0 aliphatic carbocycles. The zero-order valence-corrected chi connectivity index (χ0v) is 16.1. The molecule has 0 saturated carbocycles. The van der Waals surface area contributed by atoms with Gasteiger partial charge in [0.05, 0.1) is 28.3 Å². The Labute approximate surface area is 158 Å². The van der Waals surface area contributed by atoms with Gasteiger partial charge in [0.1, 0.15) is 0 Å². The van der Waals surface area contributed by atoms with Gasteiger partial charge >= 0.3 is 5.69 Å². The number of rotatable bonds is 4. The second kappa shape index (κ2) is 7.00. The first-order valence-electron chi connectivity index (χ1n) is 7.08. The molecule has 0 atom stereocenters. The van der Waals surface area contributed by atoms with E-state index in [-0.39, 0.29) is 18.1 Å². The largest absolute Gasteiger partial charge is 0.493 e. The van der Waals surface area contributed by atoms with Crippen molar-refractivity contribution in [1.82, 2.24) is 12.5 Å². The summed E-state index contributed by atoms with van der Waals surface area (Å²) in [6.45, 7) is 1.85. The molecule has 1 aromatic carbocycles. The lowest BCUT2D eigenvalue weighted by atomic mass is 10.2. The molecule has 0 radical (unpaired) electrons. The molecule has 0 fully saturated rings. The summed E-state index contributed by atoms with van der Waals surface area (Å²) in [5.41, 5.74) is -1.20. The Morgan fingerprint density at radius 2 is 2.12 bits per heavy atom. The first-order chi connectivity index (χ1) is 12.0. The minimum Gasteiger partial charge on any atom is -0.493 e. The Kier molecular flexibility index (Phi) is 4.94. The Morgan fingerprint density at radius 3 is 2.80 bits per heavy atom. The van der Waals surface area contributed by atoms with Crippen LogP contribution in [0.15, 0.2) is 47.4 Å². The van der Waals surface area contributed by atoms with Gasteiger partial charge in [0.25, 0.3) is 5.56 Å². The summed E-state index contributed by atoms with van der Waals surface area (Å²) in [7, 11) is 0. The van der Waals surface area contributed by atoms with E-state index in [4.69, 9.17) is 4.52 Å². The number of aromatic nitrogens is 3. The smallest absolute Gasteiger partial charge is 0.342 e. The van der Waals surface area contributed by atoms with Gasteiger partial charge in [-0.1, -0.05) is 5.16 Å². The highest BCUT2D eigenvalue weighted by Gasteiger charge is 2.17. The topological polar surface area (TPSA) is 115 Å². The summed E-state index contributed by atoms with van der Waals surface area (Å²) < 4.78 is 7.03. The lowest BCUT2D eigenvalue weighted by Crippen LogP contribution is -2.34. The van der Waals surface area contributed by atoms with E-state index < -0.39 is 17.1 Å². The van der Waals surface area contributed by atoms with E-state index in [1.807, 2.05) is 18.4 Å². The average Bonchev–Trinajstić information content (AvgIpc) is 3.02. The minimum atomic E-state index is -0.755. The molecule has 0 spiro atoms. The highest BCUT2D eigenvalue weighted by molar-refractivity contribution is 14.1. The maximum atomic E-state index is 12.2. The molecule has 3 aromatic rings. The quantitative estimate of drug-likeness (QED) is 0.354. The van der Waals surface area contributed by atoms with Crippen molar-refractivity contribution in [3.05, 3.63) is 39.0 Å². The molecule has 0 unspecified atom stereocenters. The third kappa shape index (κ3) is 3.08. The van der Waals surface area contributed by atoms with Crippen molar-refractivity contribution >= 4 is 57.1 Å². The van der Waals surface area contributed by atoms with Crippen LogP contribution in [0.5, 0.6) is 5.88 Å². The molecule has 130 valence electrons. The molecule has 2 aromatic heterocycles. The van der Waals surface area contributed by atoms with Crippen LogP contribution in [-0.4, -0.2) is 23.9 Å². The number of aromatic hydroxyl groups is 1. The maximum Gasteiger partial charge on any atom is 0.342 e. The van der Waals surface area contributed by atoms with Gasteiger partial charge in [0, 0.05) is 11.4 Å². The maximum absolute atomic E-state index is 12.2. The molecule has 3 rings (SSSR count). The highest BCUT2D eigenvalue weighted by Crippen LogP contribution is 2.31. The third-order valence-electron chi connectivity index (χ3n) is 3.47. The van der Waals surface area contributed by atoms with Crippen molar-refractivity contribution in [2.24, 2.45) is 10.2 Å². The zero-order valence-electron chi connectivity index (χ0n) is 13.1. The Morgan fingerprint density at radius 1 is 1.36 bits per heavy atom. The molecule has 11 heteroatoms. The van der Waals surface area contributed by atoms with Crippen molar-refractivity contribution in [2.45, 2.75) is 18.4 Å². The number of fused-ring (bicyclic) bond motifs is 1. The van der Waals surface area contributed by atoms with Gasteiger partial charge in [-0.15, -0.1) is 22.0 Å². The second-order valence-corrected chi connectivity index (χ2v) is 6.70. The summed E-state index contributed by atoms with van der Waals surface area (Å²) >= 11 is 3.11. The van der Waals surface area contributed by atoms with Crippen molar-refractivity contribution in [1.29, 1.82) is 0 Å². The molecule has 2 heterocycles. The van der Waals surface area contributed by atoms with Crippen LogP contribution in [0.2, 0.25) is 0 Å². The van der Waals surface area contributed by atoms with Gasteiger partial charge < -0.3 is 9.63 Å². The van der Waals surface area contributed by atoms with E-state index in [1.54, 1.807) is 47.6 Å². The van der Waals surface area contributed by atoms with Crippen LogP contribution in [0.4, 0.5) is 11.5 Å². The zero-order chi connectivity index (χ0) is 18.1. The van der Waals surface area contributed by atoms with E-state index >= 15 is 0 Å². The van der Waals surface area contributed by atoms with Crippen molar-refractivity contribution < 1.29 is 9.63 Å². The van der Waals surface area contributed by atoms with Gasteiger partial charge in [-0.25, -0.2) is 4.79 Å². The first-order valence-corrected chi connectivity index (χ1v) is 9.27. The number of halogens is 1. The molecule has 0 aliphatic rings. The van der Waals surface area contributed by atoms with Crippen molar-refractivity contribution in [3.8, 4) is 5.88 Å². The number of nitrogens with zero attached hydrogens (tertiary/aromatic N) is 5. The highest BCUT2D eigenvalue weighted by atomic mass is 127. The van der Waals surface area contributed by atoms with Crippen molar-refractivity contribution in [2.75, 3.05) is 6.26 Å². The van der Waals surface area contributed by atoms with Crippen LogP contribution < -0.4 is 11.2 Å². The number of benzene rings is 1. The van der Waals surface area contributed by atoms with Gasteiger partial charge in [0.2, 0.25) is 17.4 Å². The molecule has 9 nitrogen and oxygen atoms in total. The predicted octanol–water partition coefficient (Wildman–Crippen LogP) is 3.21.